The standard InChI is InChI=1S/C20H15F2N3S/c1-11-7-15(22)13(9-14(11)21)19-20(25-6-2-3-18(25)24-19)12-4-5-16-17(8-12)26-10-23-16/h4-5,7-10H,2-3,6H2,1H3. The highest BCUT2D eigenvalue weighted by Crippen LogP contribution is 2.38. The van der Waals surface area contributed by atoms with Crippen molar-refractivity contribution >= 4 is 21.6 Å². The van der Waals surface area contributed by atoms with Gasteiger partial charge in [-0.1, -0.05) is 6.07 Å². The molecule has 0 fully saturated rings. The van der Waals surface area contributed by atoms with Crippen LogP contribution in [0.25, 0.3) is 32.7 Å². The molecule has 0 unspecified atom stereocenters. The van der Waals surface area contributed by atoms with E-state index in [4.69, 9.17) is 0 Å². The Bertz CT molecular complexity index is 1160. The van der Waals surface area contributed by atoms with Crippen LogP contribution in [0.5, 0.6) is 0 Å². The van der Waals surface area contributed by atoms with Gasteiger partial charge in [-0.2, -0.15) is 0 Å². The van der Waals surface area contributed by atoms with E-state index in [-0.39, 0.29) is 5.56 Å². The topological polar surface area (TPSA) is 30.7 Å². The molecule has 26 heavy (non-hydrogen) atoms. The van der Waals surface area contributed by atoms with Gasteiger partial charge < -0.3 is 4.57 Å². The lowest BCUT2D eigenvalue weighted by Gasteiger charge is -2.10. The molecule has 0 aliphatic carbocycles. The Kier molecular flexibility index (Phi) is 3.43. The Morgan fingerprint density at radius 3 is 2.88 bits per heavy atom. The van der Waals surface area contributed by atoms with Crippen molar-refractivity contribution in [2.45, 2.75) is 26.3 Å². The Hall–Kier alpha value is -2.60. The van der Waals surface area contributed by atoms with E-state index in [2.05, 4.69) is 20.6 Å². The first-order chi connectivity index (χ1) is 12.6. The molecule has 2 aromatic heterocycles. The molecule has 0 radical (unpaired) electrons. The SMILES string of the molecule is Cc1cc(F)c(-c2nc3n(c2-c2ccc4ncsc4c2)CCC3)cc1F. The highest BCUT2D eigenvalue weighted by Gasteiger charge is 2.25. The number of aromatic nitrogens is 3. The van der Waals surface area contributed by atoms with Gasteiger partial charge in [-0.05, 0) is 43.2 Å². The lowest BCUT2D eigenvalue weighted by Crippen LogP contribution is -1.97. The molecule has 130 valence electrons. The third-order valence-electron chi connectivity index (χ3n) is 4.94. The number of fused-ring (bicyclic) bond motifs is 2. The normalized spacial score (nSPS) is 13.5. The number of thiazole rings is 1. The number of nitrogens with zero attached hydrogens (tertiary/aromatic N) is 3. The van der Waals surface area contributed by atoms with Crippen molar-refractivity contribution in [1.82, 2.24) is 14.5 Å². The highest BCUT2D eigenvalue weighted by molar-refractivity contribution is 7.16. The van der Waals surface area contributed by atoms with E-state index in [9.17, 15) is 8.78 Å². The summed E-state index contributed by atoms with van der Waals surface area (Å²) in [7, 11) is 0. The maximum atomic E-state index is 14.7. The lowest BCUT2D eigenvalue weighted by molar-refractivity contribution is 0.595. The quantitative estimate of drug-likeness (QED) is 0.477. The molecule has 2 aromatic carbocycles. The lowest BCUT2D eigenvalue weighted by atomic mass is 10.0. The summed E-state index contributed by atoms with van der Waals surface area (Å²) in [6.07, 6.45) is 1.87. The zero-order valence-corrected chi connectivity index (χ0v) is 14.9. The molecule has 0 spiro atoms. The molecule has 0 bridgehead atoms. The van der Waals surface area contributed by atoms with Crippen molar-refractivity contribution < 1.29 is 8.78 Å². The molecule has 0 saturated heterocycles. The second-order valence-electron chi connectivity index (χ2n) is 6.60. The fraction of sp³-hybridized carbons (Fsp3) is 0.200. The van der Waals surface area contributed by atoms with Crippen LogP contribution in [0.2, 0.25) is 0 Å². The fourth-order valence-electron chi connectivity index (χ4n) is 3.64. The Balaban J connectivity index is 1.78. The van der Waals surface area contributed by atoms with Crippen molar-refractivity contribution in [2.75, 3.05) is 0 Å². The van der Waals surface area contributed by atoms with E-state index in [0.29, 0.717) is 11.3 Å². The zero-order chi connectivity index (χ0) is 17.8. The van der Waals surface area contributed by atoms with E-state index >= 15 is 0 Å². The van der Waals surface area contributed by atoms with E-state index < -0.39 is 11.6 Å². The summed E-state index contributed by atoms with van der Waals surface area (Å²) in [6.45, 7) is 2.41. The van der Waals surface area contributed by atoms with Gasteiger partial charge in [0.15, 0.2) is 0 Å². The molecular weight excluding hydrogens is 352 g/mol. The van der Waals surface area contributed by atoms with Gasteiger partial charge in [-0.3, -0.25) is 0 Å². The first-order valence-corrected chi connectivity index (χ1v) is 9.39. The average Bonchev–Trinajstić information content (AvgIpc) is 3.32. The number of halogens is 2. The summed E-state index contributed by atoms with van der Waals surface area (Å²) >= 11 is 1.57. The summed E-state index contributed by atoms with van der Waals surface area (Å²) in [5, 5.41) is 0. The molecule has 0 atom stereocenters. The largest absolute Gasteiger partial charge is 0.327 e. The van der Waals surface area contributed by atoms with Crippen molar-refractivity contribution in [3.05, 3.63) is 58.9 Å². The molecule has 6 heteroatoms. The third kappa shape index (κ3) is 2.29. The second kappa shape index (κ2) is 5.71. The molecule has 5 rings (SSSR count). The molecule has 4 aromatic rings. The first kappa shape index (κ1) is 15.6. The van der Waals surface area contributed by atoms with Crippen LogP contribution in [-0.2, 0) is 13.0 Å². The number of hydrogen-bond donors (Lipinski definition) is 0. The predicted octanol–water partition coefficient (Wildman–Crippen LogP) is 5.36. The Morgan fingerprint density at radius 1 is 1.12 bits per heavy atom. The van der Waals surface area contributed by atoms with Crippen LogP contribution < -0.4 is 0 Å². The van der Waals surface area contributed by atoms with Crippen molar-refractivity contribution in [1.29, 1.82) is 0 Å². The summed E-state index contributed by atoms with van der Waals surface area (Å²) < 4.78 is 32.0. The third-order valence-corrected chi connectivity index (χ3v) is 5.73. The first-order valence-electron chi connectivity index (χ1n) is 8.51. The maximum absolute atomic E-state index is 14.7. The zero-order valence-electron chi connectivity index (χ0n) is 14.1. The number of benzene rings is 2. The van der Waals surface area contributed by atoms with E-state index in [1.54, 1.807) is 18.3 Å². The van der Waals surface area contributed by atoms with Gasteiger partial charge in [0.05, 0.1) is 27.1 Å². The number of imidazole rings is 1. The van der Waals surface area contributed by atoms with E-state index in [1.165, 1.54) is 12.1 Å². The van der Waals surface area contributed by atoms with Crippen molar-refractivity contribution in [3.8, 4) is 22.5 Å². The van der Waals surface area contributed by atoms with Crippen LogP contribution in [0.15, 0.2) is 35.8 Å². The van der Waals surface area contributed by atoms with Gasteiger partial charge in [-0.15, -0.1) is 11.3 Å². The Labute approximate surface area is 153 Å². The minimum absolute atomic E-state index is 0.217. The number of hydrogen-bond acceptors (Lipinski definition) is 3. The molecule has 3 nitrogen and oxygen atoms in total. The highest BCUT2D eigenvalue weighted by atomic mass is 32.1. The van der Waals surface area contributed by atoms with Crippen LogP contribution in [-0.4, -0.2) is 14.5 Å². The summed E-state index contributed by atoms with van der Waals surface area (Å²) in [5.41, 5.74) is 5.59. The molecule has 0 saturated carbocycles. The summed E-state index contributed by atoms with van der Waals surface area (Å²) in [5.74, 6) is 0.0685. The van der Waals surface area contributed by atoms with E-state index in [1.807, 2.05) is 17.6 Å². The van der Waals surface area contributed by atoms with Crippen LogP contribution in [0.1, 0.15) is 17.8 Å². The molecule has 0 amide bonds. The van der Waals surface area contributed by atoms with Crippen molar-refractivity contribution in [2.24, 2.45) is 0 Å². The summed E-state index contributed by atoms with van der Waals surface area (Å²) in [6, 6.07) is 8.51. The minimum Gasteiger partial charge on any atom is -0.327 e. The van der Waals surface area contributed by atoms with Gasteiger partial charge in [0.2, 0.25) is 0 Å². The number of rotatable bonds is 2. The monoisotopic (exact) mass is 367 g/mol. The maximum Gasteiger partial charge on any atom is 0.133 e. The molecule has 0 N–H and O–H groups in total. The summed E-state index contributed by atoms with van der Waals surface area (Å²) in [4.78, 5) is 9.00. The van der Waals surface area contributed by atoms with Gasteiger partial charge in [0.25, 0.3) is 0 Å². The average molecular weight is 367 g/mol. The Morgan fingerprint density at radius 2 is 2.00 bits per heavy atom. The molecule has 3 heterocycles. The number of aryl methyl sites for hydroxylation is 2. The molecule has 1 aliphatic rings. The predicted molar refractivity (Wildman–Crippen MR) is 99.3 cm³/mol. The van der Waals surface area contributed by atoms with Crippen LogP contribution in [0.4, 0.5) is 8.78 Å². The van der Waals surface area contributed by atoms with Crippen LogP contribution in [0, 0.1) is 18.6 Å². The van der Waals surface area contributed by atoms with Gasteiger partial charge >= 0.3 is 0 Å². The van der Waals surface area contributed by atoms with Gasteiger partial charge in [0.1, 0.15) is 17.5 Å². The smallest absolute Gasteiger partial charge is 0.133 e. The van der Waals surface area contributed by atoms with E-state index in [0.717, 1.165) is 46.7 Å². The molecule has 1 aliphatic heterocycles. The van der Waals surface area contributed by atoms with Gasteiger partial charge in [0, 0.05) is 24.1 Å². The molecular formula is C20H15F2N3S. The van der Waals surface area contributed by atoms with Crippen LogP contribution >= 0.6 is 11.3 Å². The second-order valence-corrected chi connectivity index (χ2v) is 7.48. The van der Waals surface area contributed by atoms with Crippen molar-refractivity contribution in [3.63, 3.8) is 0 Å². The fourth-order valence-corrected chi connectivity index (χ4v) is 4.35. The minimum atomic E-state index is -0.444. The van der Waals surface area contributed by atoms with Gasteiger partial charge in [-0.25, -0.2) is 18.7 Å². The van der Waals surface area contributed by atoms with Crippen LogP contribution in [0.3, 0.4) is 0 Å².